The number of fused-ring (bicyclic) bond motifs is 1. The lowest BCUT2D eigenvalue weighted by atomic mass is 10.1. The van der Waals surface area contributed by atoms with Gasteiger partial charge in [0.25, 0.3) is 0 Å². The summed E-state index contributed by atoms with van der Waals surface area (Å²) in [5.74, 6) is -0.147. The van der Waals surface area contributed by atoms with Crippen LogP contribution in [0.3, 0.4) is 0 Å². The van der Waals surface area contributed by atoms with E-state index in [2.05, 4.69) is 21.5 Å². The molecule has 34 heavy (non-hydrogen) atoms. The Morgan fingerprint density at radius 2 is 1.94 bits per heavy atom. The number of aromatic nitrogens is 3. The first-order valence-corrected chi connectivity index (χ1v) is 11.0. The van der Waals surface area contributed by atoms with E-state index in [9.17, 15) is 14.9 Å². The second kappa shape index (κ2) is 8.79. The van der Waals surface area contributed by atoms with Crippen molar-refractivity contribution in [3.63, 3.8) is 0 Å². The van der Waals surface area contributed by atoms with Crippen LogP contribution < -0.4 is 5.32 Å². The first-order chi connectivity index (χ1) is 16.5. The van der Waals surface area contributed by atoms with Crippen molar-refractivity contribution >= 4 is 28.5 Å². The molecule has 0 spiro atoms. The van der Waals surface area contributed by atoms with Crippen molar-refractivity contribution in [1.29, 1.82) is 5.26 Å². The van der Waals surface area contributed by atoms with Gasteiger partial charge in [-0.1, -0.05) is 48.5 Å². The van der Waals surface area contributed by atoms with Gasteiger partial charge in [0.2, 0.25) is 11.8 Å². The SMILES string of the molecule is Cc1cc(-n2ncc(C#N)c2NC(=O)C2CC(=O)N(Cc3ccccc3)C2)nc2ccccc12. The van der Waals surface area contributed by atoms with Gasteiger partial charge in [-0.05, 0) is 30.2 Å². The number of benzene rings is 2. The molecular weight excluding hydrogens is 428 g/mol. The normalized spacial score (nSPS) is 15.5. The zero-order chi connectivity index (χ0) is 23.7. The number of nitriles is 1. The highest BCUT2D eigenvalue weighted by atomic mass is 16.2. The monoisotopic (exact) mass is 450 g/mol. The van der Waals surface area contributed by atoms with Gasteiger partial charge >= 0.3 is 0 Å². The zero-order valence-electron chi connectivity index (χ0n) is 18.6. The highest BCUT2D eigenvalue weighted by Crippen LogP contribution is 2.26. The highest BCUT2D eigenvalue weighted by Gasteiger charge is 2.35. The number of anilines is 1. The molecule has 168 valence electrons. The molecule has 0 aliphatic carbocycles. The lowest BCUT2D eigenvalue weighted by molar-refractivity contribution is -0.128. The van der Waals surface area contributed by atoms with Crippen LogP contribution in [0.5, 0.6) is 0 Å². The second-order valence-corrected chi connectivity index (χ2v) is 8.40. The second-order valence-electron chi connectivity index (χ2n) is 8.40. The van der Waals surface area contributed by atoms with E-state index in [4.69, 9.17) is 0 Å². The average Bonchev–Trinajstić information content (AvgIpc) is 3.42. The molecular formula is C26H22N6O2. The summed E-state index contributed by atoms with van der Waals surface area (Å²) in [6.07, 6.45) is 1.53. The Hall–Kier alpha value is -4.51. The van der Waals surface area contributed by atoms with Crippen LogP contribution in [0.1, 0.15) is 23.1 Å². The van der Waals surface area contributed by atoms with E-state index < -0.39 is 5.92 Å². The number of carbonyl (C=O) groups is 2. The van der Waals surface area contributed by atoms with Crippen LogP contribution in [0.4, 0.5) is 5.82 Å². The summed E-state index contributed by atoms with van der Waals surface area (Å²) >= 11 is 0. The van der Waals surface area contributed by atoms with Gasteiger partial charge in [-0.3, -0.25) is 9.59 Å². The molecule has 5 rings (SSSR count). The Morgan fingerprint density at radius 1 is 1.18 bits per heavy atom. The molecule has 0 radical (unpaired) electrons. The van der Waals surface area contributed by atoms with Gasteiger partial charge < -0.3 is 10.2 Å². The van der Waals surface area contributed by atoms with E-state index in [1.54, 1.807) is 4.90 Å². The van der Waals surface area contributed by atoms with Gasteiger partial charge in [0.1, 0.15) is 11.6 Å². The molecule has 2 amide bonds. The molecule has 1 unspecified atom stereocenters. The lowest BCUT2D eigenvalue weighted by Crippen LogP contribution is -2.28. The molecule has 8 nitrogen and oxygen atoms in total. The van der Waals surface area contributed by atoms with E-state index in [1.165, 1.54) is 10.9 Å². The summed E-state index contributed by atoms with van der Waals surface area (Å²) in [6, 6.07) is 21.4. The van der Waals surface area contributed by atoms with Gasteiger partial charge in [-0.2, -0.15) is 15.0 Å². The third-order valence-corrected chi connectivity index (χ3v) is 6.06. The molecule has 2 aromatic carbocycles. The minimum atomic E-state index is -0.516. The number of hydrogen-bond donors (Lipinski definition) is 1. The number of carbonyl (C=O) groups excluding carboxylic acids is 2. The summed E-state index contributed by atoms with van der Waals surface area (Å²) in [4.78, 5) is 32.0. The predicted octanol–water partition coefficient (Wildman–Crippen LogP) is 3.59. The molecule has 1 aliphatic rings. The van der Waals surface area contributed by atoms with Crippen LogP contribution in [0.25, 0.3) is 16.7 Å². The number of aryl methyl sites for hydroxylation is 1. The van der Waals surface area contributed by atoms with Crippen molar-refractivity contribution in [1.82, 2.24) is 19.7 Å². The Balaban J connectivity index is 1.39. The molecule has 1 N–H and O–H groups in total. The number of nitrogens with one attached hydrogen (secondary N) is 1. The Morgan fingerprint density at radius 3 is 2.74 bits per heavy atom. The van der Waals surface area contributed by atoms with E-state index in [0.29, 0.717) is 18.9 Å². The molecule has 4 aromatic rings. The van der Waals surface area contributed by atoms with Gasteiger partial charge in [0.15, 0.2) is 11.6 Å². The summed E-state index contributed by atoms with van der Waals surface area (Å²) < 4.78 is 1.47. The smallest absolute Gasteiger partial charge is 0.230 e. The van der Waals surface area contributed by atoms with Crippen molar-refractivity contribution in [3.05, 3.63) is 83.6 Å². The standard InChI is InChI=1S/C26H22N6O2/c1-17-11-23(29-22-10-6-5-9-21(17)22)32-25(20(13-27)14-28-32)30-26(34)19-12-24(33)31(16-19)15-18-7-3-2-4-8-18/h2-11,14,19H,12,15-16H2,1H3,(H,30,34). The predicted molar refractivity (Wildman–Crippen MR) is 127 cm³/mol. The van der Waals surface area contributed by atoms with Crippen molar-refractivity contribution in [3.8, 4) is 11.9 Å². The Kier molecular flexibility index (Phi) is 5.52. The Bertz CT molecular complexity index is 1440. The maximum Gasteiger partial charge on any atom is 0.230 e. The number of likely N-dealkylation sites (tertiary alicyclic amines) is 1. The maximum absolute atomic E-state index is 13.1. The van der Waals surface area contributed by atoms with Crippen LogP contribution in [0, 0.1) is 24.2 Å². The molecule has 1 fully saturated rings. The molecule has 1 atom stereocenters. The van der Waals surface area contributed by atoms with Crippen molar-refractivity contribution in [2.24, 2.45) is 5.92 Å². The average molecular weight is 451 g/mol. The Labute approximate surface area is 196 Å². The van der Waals surface area contributed by atoms with Crippen LogP contribution in [-0.4, -0.2) is 38.0 Å². The molecule has 1 saturated heterocycles. The molecule has 2 aromatic heterocycles. The largest absolute Gasteiger partial charge is 0.338 e. The minimum absolute atomic E-state index is 0.0650. The van der Waals surface area contributed by atoms with Crippen molar-refractivity contribution in [2.75, 3.05) is 11.9 Å². The minimum Gasteiger partial charge on any atom is -0.338 e. The maximum atomic E-state index is 13.1. The number of hydrogen-bond acceptors (Lipinski definition) is 5. The number of amides is 2. The number of para-hydroxylation sites is 1. The third-order valence-electron chi connectivity index (χ3n) is 6.06. The molecule has 0 saturated carbocycles. The first-order valence-electron chi connectivity index (χ1n) is 11.0. The summed E-state index contributed by atoms with van der Waals surface area (Å²) in [7, 11) is 0. The first kappa shape index (κ1) is 21.3. The van der Waals surface area contributed by atoms with Crippen molar-refractivity contribution in [2.45, 2.75) is 19.9 Å². The van der Waals surface area contributed by atoms with Crippen LogP contribution in [0.2, 0.25) is 0 Å². The number of nitrogens with zero attached hydrogens (tertiary/aromatic N) is 5. The number of pyridine rings is 1. The van der Waals surface area contributed by atoms with Gasteiger partial charge in [0.05, 0.1) is 17.6 Å². The van der Waals surface area contributed by atoms with E-state index in [0.717, 1.165) is 22.0 Å². The molecule has 1 aliphatic heterocycles. The highest BCUT2D eigenvalue weighted by molar-refractivity contribution is 5.97. The van der Waals surface area contributed by atoms with Crippen LogP contribution >= 0.6 is 0 Å². The summed E-state index contributed by atoms with van der Waals surface area (Å²) in [6.45, 7) is 2.76. The summed E-state index contributed by atoms with van der Waals surface area (Å²) in [5.41, 5.74) is 3.04. The molecule has 8 heteroatoms. The topological polar surface area (TPSA) is 104 Å². The fourth-order valence-corrected chi connectivity index (χ4v) is 4.29. The van der Waals surface area contributed by atoms with Crippen LogP contribution in [0.15, 0.2) is 66.9 Å². The van der Waals surface area contributed by atoms with Gasteiger partial charge in [-0.15, -0.1) is 0 Å². The van der Waals surface area contributed by atoms with Gasteiger partial charge in [-0.25, -0.2) is 4.98 Å². The summed E-state index contributed by atoms with van der Waals surface area (Å²) in [5, 5.41) is 17.8. The number of rotatable bonds is 5. The van der Waals surface area contributed by atoms with Gasteiger partial charge in [0, 0.05) is 24.9 Å². The fraction of sp³-hybridized carbons (Fsp3) is 0.192. The molecule has 0 bridgehead atoms. The van der Waals surface area contributed by atoms with E-state index >= 15 is 0 Å². The lowest BCUT2D eigenvalue weighted by Gasteiger charge is -2.17. The third kappa shape index (κ3) is 3.99. The quantitative estimate of drug-likeness (QED) is 0.500. The van der Waals surface area contributed by atoms with Crippen LogP contribution in [-0.2, 0) is 16.1 Å². The van der Waals surface area contributed by atoms with Crippen molar-refractivity contribution < 1.29 is 9.59 Å². The molecule has 3 heterocycles. The fourth-order valence-electron chi connectivity index (χ4n) is 4.29. The van der Waals surface area contributed by atoms with E-state index in [-0.39, 0.29) is 29.6 Å². The van der Waals surface area contributed by atoms with E-state index in [1.807, 2.05) is 67.6 Å². The zero-order valence-corrected chi connectivity index (χ0v) is 18.6.